The summed E-state index contributed by atoms with van der Waals surface area (Å²) in [4.78, 5) is 2.75. The zero-order chi connectivity index (χ0) is 16.2. The fraction of sp³-hybridized carbons (Fsp3) is 0.600. The lowest BCUT2D eigenvalue weighted by molar-refractivity contribution is -0.335. The number of hydrogen-bond acceptors (Lipinski definition) is 6. The van der Waals surface area contributed by atoms with Gasteiger partial charge < -0.3 is 24.1 Å². The maximum Gasteiger partial charge on any atom is 0.168 e. The number of methoxy groups -OCH3 is 1. The second-order valence-corrected chi connectivity index (χ2v) is 5.52. The summed E-state index contributed by atoms with van der Waals surface area (Å²) in [7, 11) is 1.43. The molecule has 0 spiro atoms. The van der Waals surface area contributed by atoms with E-state index in [-0.39, 0.29) is 6.61 Å². The number of rotatable bonds is 4. The van der Waals surface area contributed by atoms with Crippen molar-refractivity contribution >= 4 is 0 Å². The Labute approximate surface area is 133 Å². The molecular formula is C15H19N3O5. The molecule has 6 atom stereocenters. The smallest absolute Gasteiger partial charge is 0.168 e. The SMILES string of the molecule is CO[C@@H]1O[C@@H]2CO[C@H](Cc3ccccc3)O[C@H]2[C@H](O)[C@@H]1N=[N+]=[N-]. The minimum Gasteiger partial charge on any atom is -0.390 e. The van der Waals surface area contributed by atoms with Crippen LogP contribution in [0.5, 0.6) is 0 Å². The normalized spacial score (nSPS) is 36.8. The van der Waals surface area contributed by atoms with Crippen LogP contribution in [0.4, 0.5) is 0 Å². The Morgan fingerprint density at radius 1 is 1.35 bits per heavy atom. The molecule has 2 fully saturated rings. The van der Waals surface area contributed by atoms with Crippen LogP contribution >= 0.6 is 0 Å². The zero-order valence-corrected chi connectivity index (χ0v) is 12.7. The highest BCUT2D eigenvalue weighted by molar-refractivity contribution is 5.15. The molecule has 23 heavy (non-hydrogen) atoms. The van der Waals surface area contributed by atoms with E-state index >= 15 is 0 Å². The van der Waals surface area contributed by atoms with E-state index in [0.29, 0.717) is 6.42 Å². The Kier molecular flexibility index (Phi) is 5.12. The Morgan fingerprint density at radius 2 is 2.13 bits per heavy atom. The van der Waals surface area contributed by atoms with Crippen molar-refractivity contribution in [2.24, 2.45) is 5.11 Å². The second-order valence-electron chi connectivity index (χ2n) is 5.52. The van der Waals surface area contributed by atoms with Gasteiger partial charge in [-0.2, -0.15) is 0 Å². The fourth-order valence-corrected chi connectivity index (χ4v) is 2.92. The molecule has 0 bridgehead atoms. The Bertz CT molecular complexity index is 565. The van der Waals surface area contributed by atoms with Gasteiger partial charge in [-0.3, -0.25) is 0 Å². The number of aliphatic hydroxyl groups is 1. The monoisotopic (exact) mass is 321 g/mol. The van der Waals surface area contributed by atoms with Crippen LogP contribution in [-0.4, -0.2) is 55.8 Å². The van der Waals surface area contributed by atoms with Gasteiger partial charge in [0.15, 0.2) is 12.6 Å². The number of nitrogens with zero attached hydrogens (tertiary/aromatic N) is 3. The van der Waals surface area contributed by atoms with Crippen LogP contribution in [0.15, 0.2) is 35.4 Å². The van der Waals surface area contributed by atoms with Crippen molar-refractivity contribution in [3.05, 3.63) is 46.3 Å². The molecule has 1 aromatic rings. The Morgan fingerprint density at radius 3 is 2.83 bits per heavy atom. The first-order valence-electron chi connectivity index (χ1n) is 7.44. The summed E-state index contributed by atoms with van der Waals surface area (Å²) in [5.74, 6) is 0. The van der Waals surface area contributed by atoms with Gasteiger partial charge in [-0.25, -0.2) is 0 Å². The summed E-state index contributed by atoms with van der Waals surface area (Å²) in [5, 5.41) is 14.1. The van der Waals surface area contributed by atoms with E-state index < -0.39 is 36.9 Å². The lowest BCUT2D eigenvalue weighted by atomic mass is 9.96. The van der Waals surface area contributed by atoms with Crippen molar-refractivity contribution in [3.63, 3.8) is 0 Å². The van der Waals surface area contributed by atoms with Crippen molar-refractivity contribution in [2.45, 2.75) is 43.4 Å². The standard InChI is InChI=1S/C15H19N3O5/c1-20-15-12(17-18-16)13(19)14-10(22-15)8-21-11(23-14)7-9-5-3-2-4-6-9/h2-6,10-15,19H,7-8H2,1H3/t10-,11+,12+,13-,14-,15-/m1/s1. The Balaban J connectivity index is 1.70. The van der Waals surface area contributed by atoms with Crippen molar-refractivity contribution < 1.29 is 24.1 Å². The highest BCUT2D eigenvalue weighted by atomic mass is 16.7. The first kappa shape index (κ1) is 16.2. The average molecular weight is 321 g/mol. The van der Waals surface area contributed by atoms with E-state index in [1.54, 1.807) is 0 Å². The molecule has 1 aromatic carbocycles. The summed E-state index contributed by atoms with van der Waals surface area (Å²) in [6.07, 6.45) is -2.84. The lowest BCUT2D eigenvalue weighted by Crippen LogP contribution is -2.62. The van der Waals surface area contributed by atoms with E-state index in [4.69, 9.17) is 24.5 Å². The number of azide groups is 1. The van der Waals surface area contributed by atoms with Gasteiger partial charge in [0.05, 0.1) is 12.7 Å². The van der Waals surface area contributed by atoms with E-state index in [1.807, 2.05) is 30.3 Å². The van der Waals surface area contributed by atoms with Crippen LogP contribution in [0.1, 0.15) is 5.56 Å². The Hall–Kier alpha value is -1.67. The first-order valence-corrected chi connectivity index (χ1v) is 7.44. The molecule has 8 nitrogen and oxygen atoms in total. The molecule has 3 rings (SSSR count). The molecule has 0 unspecified atom stereocenters. The van der Waals surface area contributed by atoms with Gasteiger partial charge in [-0.1, -0.05) is 35.4 Å². The molecule has 1 N–H and O–H groups in total. The van der Waals surface area contributed by atoms with Crippen molar-refractivity contribution in [2.75, 3.05) is 13.7 Å². The number of aliphatic hydroxyl groups excluding tert-OH is 1. The molecule has 2 aliphatic heterocycles. The summed E-state index contributed by atoms with van der Waals surface area (Å²) < 4.78 is 22.3. The van der Waals surface area contributed by atoms with E-state index in [1.165, 1.54) is 7.11 Å². The summed E-state index contributed by atoms with van der Waals surface area (Å²) in [6, 6.07) is 8.94. The highest BCUT2D eigenvalue weighted by Gasteiger charge is 2.49. The first-order chi connectivity index (χ1) is 11.2. The molecule has 2 heterocycles. The van der Waals surface area contributed by atoms with E-state index in [9.17, 15) is 5.11 Å². The molecule has 2 aliphatic rings. The van der Waals surface area contributed by atoms with Gasteiger partial charge in [0.25, 0.3) is 0 Å². The van der Waals surface area contributed by atoms with Crippen LogP contribution in [0, 0.1) is 0 Å². The predicted molar refractivity (Wildman–Crippen MR) is 79.4 cm³/mol. The van der Waals surface area contributed by atoms with Gasteiger partial charge in [0.1, 0.15) is 18.2 Å². The molecule has 0 aromatic heterocycles. The van der Waals surface area contributed by atoms with Gasteiger partial charge in [-0.05, 0) is 11.1 Å². The maximum absolute atomic E-state index is 10.5. The lowest BCUT2D eigenvalue weighted by Gasteiger charge is -2.46. The van der Waals surface area contributed by atoms with Crippen LogP contribution in [0.2, 0.25) is 0 Å². The third-order valence-electron chi connectivity index (χ3n) is 4.06. The number of hydrogen-bond donors (Lipinski definition) is 1. The molecule has 0 saturated carbocycles. The van der Waals surface area contributed by atoms with Crippen LogP contribution in [-0.2, 0) is 25.4 Å². The number of benzene rings is 1. The number of ether oxygens (including phenoxy) is 4. The van der Waals surface area contributed by atoms with E-state index in [0.717, 1.165) is 5.56 Å². The van der Waals surface area contributed by atoms with Gasteiger partial charge in [0, 0.05) is 18.4 Å². The zero-order valence-electron chi connectivity index (χ0n) is 12.7. The molecule has 0 amide bonds. The van der Waals surface area contributed by atoms with Crippen molar-refractivity contribution in [1.82, 2.24) is 0 Å². The molecule has 2 saturated heterocycles. The quantitative estimate of drug-likeness (QED) is 0.512. The number of fused-ring (bicyclic) bond motifs is 1. The van der Waals surface area contributed by atoms with Gasteiger partial charge in [0.2, 0.25) is 0 Å². The van der Waals surface area contributed by atoms with E-state index in [2.05, 4.69) is 10.0 Å². The third kappa shape index (κ3) is 3.48. The highest BCUT2D eigenvalue weighted by Crippen LogP contribution is 2.31. The third-order valence-corrected chi connectivity index (χ3v) is 4.06. The average Bonchev–Trinajstić information content (AvgIpc) is 2.58. The van der Waals surface area contributed by atoms with Crippen LogP contribution in [0.25, 0.3) is 10.4 Å². The molecule has 0 aliphatic carbocycles. The molecule has 8 heteroatoms. The fourth-order valence-electron chi connectivity index (χ4n) is 2.92. The predicted octanol–water partition coefficient (Wildman–Crippen LogP) is 1.38. The van der Waals surface area contributed by atoms with Crippen LogP contribution < -0.4 is 0 Å². The van der Waals surface area contributed by atoms with Gasteiger partial charge >= 0.3 is 0 Å². The maximum atomic E-state index is 10.5. The van der Waals surface area contributed by atoms with Gasteiger partial charge in [-0.15, -0.1) is 0 Å². The van der Waals surface area contributed by atoms with Crippen LogP contribution in [0.3, 0.4) is 0 Å². The second kappa shape index (κ2) is 7.27. The summed E-state index contributed by atoms with van der Waals surface area (Å²) >= 11 is 0. The van der Waals surface area contributed by atoms with Crippen molar-refractivity contribution in [3.8, 4) is 0 Å². The summed E-state index contributed by atoms with van der Waals surface area (Å²) in [6.45, 7) is 0.280. The van der Waals surface area contributed by atoms with Crippen molar-refractivity contribution in [1.29, 1.82) is 0 Å². The minimum absolute atomic E-state index is 0.280. The molecule has 124 valence electrons. The largest absolute Gasteiger partial charge is 0.390 e. The topological polar surface area (TPSA) is 106 Å². The summed E-state index contributed by atoms with van der Waals surface area (Å²) in [5.41, 5.74) is 9.74. The molecular weight excluding hydrogens is 302 g/mol. The molecule has 0 radical (unpaired) electrons. The minimum atomic E-state index is -1.02.